The van der Waals surface area contributed by atoms with E-state index in [4.69, 9.17) is 26.0 Å². The summed E-state index contributed by atoms with van der Waals surface area (Å²) in [6, 6.07) is 0. The highest BCUT2D eigenvalue weighted by atomic mass is 31.2. The summed E-state index contributed by atoms with van der Waals surface area (Å²) in [6.07, 6.45) is -5.65. The van der Waals surface area contributed by atoms with Crippen LogP contribution in [0.25, 0.3) is 0 Å². The molecular formula is C9H15N4O8P. The van der Waals surface area contributed by atoms with E-state index in [1.54, 1.807) is 0 Å². The maximum atomic E-state index is 11.1. The number of aliphatic hydroxyl groups excluding tert-OH is 3. The molecule has 2 rings (SSSR count). The minimum absolute atomic E-state index is 0.268. The Balaban J connectivity index is 2.31. The lowest BCUT2D eigenvalue weighted by Crippen LogP contribution is -2.38. The third-order valence-corrected chi connectivity index (χ3v) is 4.24. The van der Waals surface area contributed by atoms with Crippen molar-refractivity contribution < 1.29 is 39.2 Å². The molecule has 1 aliphatic heterocycles. The normalized spacial score (nSPS) is 30.4. The molecule has 5 atom stereocenters. The van der Waals surface area contributed by atoms with Gasteiger partial charge in [0.15, 0.2) is 17.8 Å². The zero-order chi connectivity index (χ0) is 16.8. The van der Waals surface area contributed by atoms with E-state index in [0.29, 0.717) is 0 Å². The van der Waals surface area contributed by atoms with Crippen molar-refractivity contribution in [2.24, 2.45) is 5.73 Å². The van der Waals surface area contributed by atoms with Crippen LogP contribution in [0.4, 0.5) is 5.82 Å². The SMILES string of the molecule is NC(=O)c1ncn(C2O[C@H](C(O)P(=O)(O)O)[C@@H](O)[C@H]2O)c1N. The average Bonchev–Trinajstić information content (AvgIpc) is 2.90. The lowest BCUT2D eigenvalue weighted by molar-refractivity contribution is -0.0669. The van der Waals surface area contributed by atoms with E-state index >= 15 is 0 Å². The summed E-state index contributed by atoms with van der Waals surface area (Å²) in [5.41, 5.74) is 10.3. The van der Waals surface area contributed by atoms with Crippen molar-refractivity contribution in [3.63, 3.8) is 0 Å². The quantitative estimate of drug-likeness (QED) is 0.271. The fourth-order valence-corrected chi connectivity index (χ4v) is 2.75. The lowest BCUT2D eigenvalue weighted by Gasteiger charge is -2.21. The largest absolute Gasteiger partial charge is 0.387 e. The van der Waals surface area contributed by atoms with Gasteiger partial charge in [-0.15, -0.1) is 0 Å². The summed E-state index contributed by atoms with van der Waals surface area (Å²) in [5, 5.41) is 29.2. The highest BCUT2D eigenvalue weighted by Gasteiger charge is 2.51. The molecule has 0 spiro atoms. The summed E-state index contributed by atoms with van der Waals surface area (Å²) in [4.78, 5) is 32.5. The Bertz CT molecular complexity index is 629. The van der Waals surface area contributed by atoms with E-state index < -0.39 is 43.9 Å². The molecule has 12 nitrogen and oxygen atoms in total. The maximum Gasteiger partial charge on any atom is 0.356 e. The van der Waals surface area contributed by atoms with Crippen LogP contribution in [0, 0.1) is 0 Å². The molecule has 22 heavy (non-hydrogen) atoms. The molecule has 13 heteroatoms. The highest BCUT2D eigenvalue weighted by molar-refractivity contribution is 7.52. The predicted molar refractivity (Wildman–Crippen MR) is 69.1 cm³/mol. The molecule has 1 aliphatic rings. The number of hydrogen-bond acceptors (Lipinski definition) is 8. The number of nitrogens with two attached hydrogens (primary N) is 2. The van der Waals surface area contributed by atoms with Gasteiger partial charge in [0.05, 0.1) is 6.33 Å². The lowest BCUT2D eigenvalue weighted by atomic mass is 10.1. The molecule has 0 bridgehead atoms. The third-order valence-electron chi connectivity index (χ3n) is 3.25. The first-order chi connectivity index (χ1) is 10.1. The molecule has 0 aliphatic carbocycles. The van der Waals surface area contributed by atoms with Crippen LogP contribution in [0.5, 0.6) is 0 Å². The van der Waals surface area contributed by atoms with Gasteiger partial charge in [0.25, 0.3) is 5.91 Å². The number of anilines is 1. The van der Waals surface area contributed by atoms with Crippen molar-refractivity contribution in [1.82, 2.24) is 9.55 Å². The number of primary amides is 1. The van der Waals surface area contributed by atoms with Crippen LogP contribution in [0.15, 0.2) is 6.33 Å². The van der Waals surface area contributed by atoms with Gasteiger partial charge < -0.3 is 41.3 Å². The number of nitrogen functional groups attached to an aromatic ring is 1. The minimum atomic E-state index is -4.98. The Kier molecular flexibility index (Phi) is 4.28. The Morgan fingerprint density at radius 3 is 2.45 bits per heavy atom. The maximum absolute atomic E-state index is 11.1. The van der Waals surface area contributed by atoms with E-state index in [0.717, 1.165) is 10.9 Å². The molecule has 9 N–H and O–H groups in total. The molecule has 0 saturated carbocycles. The third kappa shape index (κ3) is 2.73. The van der Waals surface area contributed by atoms with Gasteiger partial charge in [0.1, 0.15) is 24.1 Å². The fourth-order valence-electron chi connectivity index (χ4n) is 2.12. The smallest absolute Gasteiger partial charge is 0.356 e. The molecule has 1 fully saturated rings. The molecule has 1 saturated heterocycles. The summed E-state index contributed by atoms with van der Waals surface area (Å²) in [7, 11) is -4.98. The summed E-state index contributed by atoms with van der Waals surface area (Å²) >= 11 is 0. The van der Waals surface area contributed by atoms with Gasteiger partial charge in [-0.05, 0) is 0 Å². The van der Waals surface area contributed by atoms with E-state index in [1.165, 1.54) is 0 Å². The second kappa shape index (κ2) is 5.59. The Hall–Kier alpha value is -1.53. The number of ether oxygens (including phenoxy) is 1. The van der Waals surface area contributed by atoms with Crippen LogP contribution >= 0.6 is 7.60 Å². The number of nitrogens with zero attached hydrogens (tertiary/aromatic N) is 2. The predicted octanol–water partition coefficient (Wildman–Crippen LogP) is -3.32. The fraction of sp³-hybridized carbons (Fsp3) is 0.556. The van der Waals surface area contributed by atoms with E-state index in [9.17, 15) is 24.7 Å². The van der Waals surface area contributed by atoms with Gasteiger partial charge in [-0.1, -0.05) is 0 Å². The van der Waals surface area contributed by atoms with Crippen molar-refractivity contribution in [3.8, 4) is 0 Å². The number of rotatable bonds is 4. The Morgan fingerprint density at radius 1 is 1.41 bits per heavy atom. The highest BCUT2D eigenvalue weighted by Crippen LogP contribution is 2.46. The van der Waals surface area contributed by atoms with Crippen molar-refractivity contribution in [3.05, 3.63) is 12.0 Å². The molecule has 0 aromatic carbocycles. The van der Waals surface area contributed by atoms with Crippen molar-refractivity contribution >= 4 is 19.3 Å². The second-order valence-corrected chi connectivity index (χ2v) is 6.43. The minimum Gasteiger partial charge on any atom is -0.387 e. The Labute approximate surface area is 123 Å². The molecule has 1 amide bonds. The molecular weight excluding hydrogens is 323 g/mol. The van der Waals surface area contributed by atoms with Crippen molar-refractivity contribution in [2.45, 2.75) is 30.4 Å². The van der Waals surface area contributed by atoms with Crippen LogP contribution in [0.3, 0.4) is 0 Å². The number of carbonyl (C=O) groups excluding carboxylic acids is 1. The summed E-state index contributed by atoms with van der Waals surface area (Å²) < 4.78 is 17.1. The number of aromatic nitrogens is 2. The van der Waals surface area contributed by atoms with Gasteiger partial charge >= 0.3 is 7.60 Å². The number of imidazole rings is 1. The zero-order valence-corrected chi connectivity index (χ0v) is 11.8. The second-order valence-electron chi connectivity index (χ2n) is 4.73. The van der Waals surface area contributed by atoms with Crippen LogP contribution in [0.1, 0.15) is 16.7 Å². The van der Waals surface area contributed by atoms with Gasteiger partial charge in [-0.3, -0.25) is 13.9 Å². The van der Waals surface area contributed by atoms with Crippen molar-refractivity contribution in [2.75, 3.05) is 5.73 Å². The van der Waals surface area contributed by atoms with E-state index in [2.05, 4.69) is 4.98 Å². The van der Waals surface area contributed by atoms with Crippen LogP contribution in [-0.2, 0) is 9.30 Å². The topological polar surface area (TPSA) is 214 Å². The first kappa shape index (κ1) is 16.8. The van der Waals surface area contributed by atoms with Gasteiger partial charge in [0, 0.05) is 0 Å². The van der Waals surface area contributed by atoms with Gasteiger partial charge in [-0.2, -0.15) is 0 Å². The summed E-state index contributed by atoms with van der Waals surface area (Å²) in [5.74, 6) is -3.55. The van der Waals surface area contributed by atoms with Crippen LogP contribution in [0.2, 0.25) is 0 Å². The molecule has 2 heterocycles. The van der Waals surface area contributed by atoms with Crippen LogP contribution < -0.4 is 11.5 Å². The molecule has 124 valence electrons. The van der Waals surface area contributed by atoms with E-state index in [-0.39, 0.29) is 11.5 Å². The average molecular weight is 338 g/mol. The summed E-state index contributed by atoms with van der Waals surface area (Å²) in [6.45, 7) is 0. The number of amides is 1. The zero-order valence-electron chi connectivity index (χ0n) is 10.9. The molecule has 2 unspecified atom stereocenters. The first-order valence-corrected chi connectivity index (χ1v) is 7.60. The monoisotopic (exact) mass is 338 g/mol. The Morgan fingerprint density at radius 2 is 2.00 bits per heavy atom. The van der Waals surface area contributed by atoms with Crippen molar-refractivity contribution in [1.29, 1.82) is 0 Å². The van der Waals surface area contributed by atoms with Gasteiger partial charge in [-0.25, -0.2) is 4.98 Å². The first-order valence-electron chi connectivity index (χ1n) is 5.92. The molecule has 1 aromatic rings. The van der Waals surface area contributed by atoms with Gasteiger partial charge in [0.2, 0.25) is 0 Å². The standard InChI is InChI=1S/C9H15N4O8P/c10-6-2(7(11)16)12-1-13(6)8-4(15)3(14)5(21-8)9(17)22(18,19)20/h1,3-5,8-9,14-15,17H,10H2,(H2,11,16)(H2,18,19,20)/t3-,4+,5-,8?,9?/m0/s1. The molecule has 0 radical (unpaired) electrons. The van der Waals surface area contributed by atoms with Crippen LogP contribution in [-0.4, -0.2) is 64.7 Å². The number of hydrogen-bond donors (Lipinski definition) is 7. The number of aliphatic hydroxyl groups is 3. The molecule has 1 aromatic heterocycles. The van der Waals surface area contributed by atoms with E-state index in [1.807, 2.05) is 0 Å². The number of carbonyl (C=O) groups is 1.